The Morgan fingerprint density at radius 1 is 0.457 bits per heavy atom. The SMILES string of the molecule is Cc1ccccc1-c1cc2c3c(c1)N(c1ccc(C(C)(C)C)cc1-c1ccccc1)c1cc4c(cc1B3n1c3ccc(C56CC7CC(CC(C7)C5)C6)cc3c3cc(C56CC7CC(CC(C7)C5)C6)cc-2c31)oc1cc2ccccc2cc14. The van der Waals surface area contributed by atoms with Gasteiger partial charge >= 0.3 is 6.85 Å². The minimum atomic E-state index is -0.110. The van der Waals surface area contributed by atoms with E-state index in [4.69, 9.17) is 4.42 Å². The Kier molecular flexibility index (Phi) is 9.17. The first kappa shape index (κ1) is 46.3. The zero-order valence-electron chi connectivity index (χ0n) is 47.4. The largest absolute Gasteiger partial charge is 0.456 e. The average Bonchev–Trinajstić information content (AvgIpc) is 2.77. The van der Waals surface area contributed by atoms with Gasteiger partial charge in [-0.3, -0.25) is 0 Å². The molecule has 0 amide bonds. The van der Waals surface area contributed by atoms with Gasteiger partial charge in [-0.1, -0.05) is 112 Å². The minimum absolute atomic E-state index is 0.0456. The van der Waals surface area contributed by atoms with Gasteiger partial charge in [0.1, 0.15) is 11.2 Å². The molecular formula is C77H69BN2O. The summed E-state index contributed by atoms with van der Waals surface area (Å²) in [6.07, 6.45) is 16.9. The lowest BCUT2D eigenvalue weighted by atomic mass is 9.44. The minimum Gasteiger partial charge on any atom is -0.456 e. The van der Waals surface area contributed by atoms with E-state index >= 15 is 0 Å². The van der Waals surface area contributed by atoms with E-state index in [-0.39, 0.29) is 17.7 Å². The van der Waals surface area contributed by atoms with Gasteiger partial charge in [0.25, 0.3) is 0 Å². The molecule has 4 heterocycles. The number of aryl methyl sites for hydroxylation is 1. The zero-order chi connectivity index (χ0) is 53.4. The van der Waals surface area contributed by atoms with E-state index in [0.717, 1.165) is 57.4 Å². The number of rotatable bonds is 5. The van der Waals surface area contributed by atoms with E-state index in [9.17, 15) is 0 Å². The van der Waals surface area contributed by atoms with Crippen LogP contribution in [0.2, 0.25) is 0 Å². The van der Waals surface area contributed by atoms with Gasteiger partial charge in [-0.05, 0) is 275 Å². The van der Waals surface area contributed by atoms with Crippen LogP contribution in [-0.2, 0) is 16.2 Å². The Balaban J connectivity index is 0.957. The molecule has 21 rings (SSSR count). The zero-order valence-corrected chi connectivity index (χ0v) is 47.4. The van der Waals surface area contributed by atoms with E-state index in [0.29, 0.717) is 5.41 Å². The maximum atomic E-state index is 7.18. The number of fused-ring (bicyclic) bond motifs is 11. The van der Waals surface area contributed by atoms with Crippen LogP contribution in [0.25, 0.3) is 87.9 Å². The summed E-state index contributed by atoms with van der Waals surface area (Å²) in [5, 5.41) is 7.71. The maximum Gasteiger partial charge on any atom is 0.333 e. The molecule has 3 nitrogen and oxygen atoms in total. The first-order valence-corrected chi connectivity index (χ1v) is 31.2. The van der Waals surface area contributed by atoms with Gasteiger partial charge in [-0.25, -0.2) is 0 Å². The molecular weight excluding hydrogens is 980 g/mol. The molecule has 81 heavy (non-hydrogen) atoms. The summed E-state index contributed by atoms with van der Waals surface area (Å²) < 4.78 is 10.0. The third kappa shape index (κ3) is 6.49. The summed E-state index contributed by atoms with van der Waals surface area (Å²) in [5.41, 5.74) is 25.3. The highest BCUT2D eigenvalue weighted by Crippen LogP contribution is 2.64. The number of hydrogen-bond acceptors (Lipinski definition) is 2. The molecule has 8 fully saturated rings. The van der Waals surface area contributed by atoms with Crippen molar-refractivity contribution in [1.82, 2.24) is 4.48 Å². The van der Waals surface area contributed by atoms with Crippen molar-refractivity contribution in [3.63, 3.8) is 0 Å². The molecule has 8 aliphatic carbocycles. The van der Waals surface area contributed by atoms with Crippen LogP contribution in [0, 0.1) is 42.4 Å². The highest BCUT2D eigenvalue weighted by Gasteiger charge is 2.54. The second-order valence-electron chi connectivity index (χ2n) is 29.0. The quantitative estimate of drug-likeness (QED) is 0.160. The topological polar surface area (TPSA) is 21.3 Å². The maximum absolute atomic E-state index is 7.18. The van der Waals surface area contributed by atoms with E-state index in [1.165, 1.54) is 182 Å². The second kappa shape index (κ2) is 16.0. The fraction of sp³-hybridized carbons (Fsp3) is 0.325. The number of benzene rings is 9. The molecule has 396 valence electrons. The molecule has 0 saturated heterocycles. The van der Waals surface area contributed by atoms with Gasteiger partial charge in [0.2, 0.25) is 0 Å². The van der Waals surface area contributed by atoms with Crippen molar-refractivity contribution in [3.05, 3.63) is 186 Å². The van der Waals surface area contributed by atoms with Gasteiger partial charge in [0, 0.05) is 55.1 Å². The van der Waals surface area contributed by atoms with Crippen LogP contribution in [-0.4, -0.2) is 11.3 Å². The van der Waals surface area contributed by atoms with Crippen LogP contribution in [0.5, 0.6) is 0 Å². The van der Waals surface area contributed by atoms with E-state index in [1.54, 1.807) is 11.1 Å². The van der Waals surface area contributed by atoms with Crippen molar-refractivity contribution in [2.75, 3.05) is 4.90 Å². The number of anilines is 3. The number of aromatic nitrogens is 1. The molecule has 10 aliphatic rings. The van der Waals surface area contributed by atoms with Crippen molar-refractivity contribution >= 4 is 89.4 Å². The van der Waals surface area contributed by atoms with Crippen LogP contribution >= 0.6 is 0 Å². The molecule has 8 saturated carbocycles. The molecule has 0 spiro atoms. The Hall–Kier alpha value is -7.30. The number of nitrogens with zero attached hydrogens (tertiary/aromatic N) is 2. The molecule has 0 radical (unpaired) electrons. The normalized spacial score (nSPS) is 26.5. The second-order valence-corrected chi connectivity index (χ2v) is 29.0. The first-order chi connectivity index (χ1) is 39.5. The monoisotopic (exact) mass is 1050 g/mol. The van der Waals surface area contributed by atoms with Crippen molar-refractivity contribution in [1.29, 1.82) is 0 Å². The van der Waals surface area contributed by atoms with Gasteiger partial charge < -0.3 is 13.8 Å². The van der Waals surface area contributed by atoms with Crippen LogP contribution in [0.3, 0.4) is 0 Å². The van der Waals surface area contributed by atoms with Crippen molar-refractivity contribution in [3.8, 4) is 33.4 Å². The van der Waals surface area contributed by atoms with Gasteiger partial charge in [-0.2, -0.15) is 0 Å². The van der Waals surface area contributed by atoms with Crippen LogP contribution in [0.15, 0.2) is 168 Å². The lowest BCUT2D eigenvalue weighted by Crippen LogP contribution is -2.56. The first-order valence-electron chi connectivity index (χ1n) is 31.2. The number of furan rings is 1. The van der Waals surface area contributed by atoms with Crippen LogP contribution < -0.4 is 15.8 Å². The summed E-state index contributed by atoms with van der Waals surface area (Å²) in [4.78, 5) is 2.71. The Bertz CT molecular complexity index is 4490. The summed E-state index contributed by atoms with van der Waals surface area (Å²) in [6, 6.07) is 65.0. The highest BCUT2D eigenvalue weighted by molar-refractivity contribution is 6.90. The molecule has 8 bridgehead atoms. The molecule has 9 aromatic carbocycles. The smallest absolute Gasteiger partial charge is 0.333 e. The Labute approximate surface area is 476 Å². The lowest BCUT2D eigenvalue weighted by molar-refractivity contribution is -0.00527. The molecule has 11 aromatic rings. The summed E-state index contributed by atoms with van der Waals surface area (Å²) in [7, 11) is 0. The number of hydrogen-bond donors (Lipinski definition) is 0. The van der Waals surface area contributed by atoms with Crippen LogP contribution in [0.1, 0.15) is 120 Å². The fourth-order valence-electron chi connectivity index (χ4n) is 20.4. The van der Waals surface area contributed by atoms with Gasteiger partial charge in [-0.15, -0.1) is 0 Å². The predicted octanol–water partition coefficient (Wildman–Crippen LogP) is 19.1. The predicted molar refractivity (Wildman–Crippen MR) is 339 cm³/mol. The molecule has 2 aliphatic heterocycles. The van der Waals surface area contributed by atoms with Crippen molar-refractivity contribution in [2.45, 2.75) is 121 Å². The molecule has 0 atom stereocenters. The lowest BCUT2D eigenvalue weighted by Gasteiger charge is -2.57. The Morgan fingerprint density at radius 3 is 1.77 bits per heavy atom. The third-order valence-electron chi connectivity index (χ3n) is 23.1. The standard InChI is InChI=1S/C77H69BN2O/c1-44-12-8-11-17-58(44)54-29-63-65-35-57(77-41-48-25-49(42-77)27-50(26-48)43-77)34-64-60-33-56(76-38-45-22-46(39-76)24-47(23-45)40-76)19-21-68(60)80(74(64)65)78-66-37-72-62(61-28-52-15-9-10-16-53(52)31-71(61)81-72)36-69(66)79(70(30-54)73(63)78)67-20-18-55(75(2,3)4)32-59(67)51-13-6-5-7-14-51/h5-21,28-37,45-50H,22-27,38-43H2,1-4H3. The fourth-order valence-corrected chi connectivity index (χ4v) is 20.4. The van der Waals surface area contributed by atoms with E-state index in [1.807, 2.05) is 0 Å². The van der Waals surface area contributed by atoms with Gasteiger partial charge in [0.05, 0.1) is 5.69 Å². The average molecular weight is 1050 g/mol. The molecule has 4 heteroatoms. The Morgan fingerprint density at radius 2 is 1.07 bits per heavy atom. The molecule has 2 aromatic heterocycles. The van der Waals surface area contributed by atoms with E-state index < -0.39 is 0 Å². The summed E-state index contributed by atoms with van der Waals surface area (Å²) in [6.45, 7) is 9.26. The molecule has 0 unspecified atom stereocenters. The summed E-state index contributed by atoms with van der Waals surface area (Å²) in [5.74, 6) is 5.24. The van der Waals surface area contributed by atoms with Crippen molar-refractivity contribution in [2.24, 2.45) is 35.5 Å². The van der Waals surface area contributed by atoms with Crippen LogP contribution in [0.4, 0.5) is 17.1 Å². The van der Waals surface area contributed by atoms with E-state index in [2.05, 4.69) is 201 Å². The summed E-state index contributed by atoms with van der Waals surface area (Å²) >= 11 is 0. The molecule has 0 N–H and O–H groups in total. The highest BCUT2D eigenvalue weighted by atomic mass is 16.3. The van der Waals surface area contributed by atoms with Gasteiger partial charge in [0.15, 0.2) is 0 Å². The van der Waals surface area contributed by atoms with Crippen molar-refractivity contribution < 1.29 is 4.42 Å². The third-order valence-corrected chi connectivity index (χ3v) is 23.1.